The summed E-state index contributed by atoms with van der Waals surface area (Å²) in [6.07, 6.45) is 0.566. The van der Waals surface area contributed by atoms with Gasteiger partial charge >= 0.3 is 0 Å². The Hall–Kier alpha value is -1.13. The lowest BCUT2D eigenvalue weighted by atomic mass is 10.2. The standard InChI is InChI=1S/C10H13FN2O/c11-7-2-1-3-8(6-7)13-9-4-5-14-10(9)12/h1-3,6,9-10,13H,4-5,12H2. The molecule has 0 saturated carbocycles. The second-order valence-electron chi connectivity index (χ2n) is 3.39. The summed E-state index contributed by atoms with van der Waals surface area (Å²) in [5, 5.41) is 3.14. The maximum atomic E-state index is 12.8. The molecule has 1 saturated heterocycles. The van der Waals surface area contributed by atoms with Crippen LogP contribution in [0.25, 0.3) is 0 Å². The fraction of sp³-hybridized carbons (Fsp3) is 0.400. The molecule has 3 N–H and O–H groups in total. The number of halogens is 1. The first-order valence-electron chi connectivity index (χ1n) is 4.65. The Balaban J connectivity index is 2.03. The monoisotopic (exact) mass is 196 g/mol. The van der Waals surface area contributed by atoms with Crippen LogP contribution in [-0.4, -0.2) is 18.9 Å². The highest BCUT2D eigenvalue weighted by Gasteiger charge is 2.24. The highest BCUT2D eigenvalue weighted by Crippen LogP contribution is 2.16. The predicted octanol–water partition coefficient (Wildman–Crippen LogP) is 1.31. The molecule has 1 aromatic rings. The molecule has 3 nitrogen and oxygen atoms in total. The van der Waals surface area contributed by atoms with Crippen molar-refractivity contribution in [3.05, 3.63) is 30.1 Å². The fourth-order valence-electron chi connectivity index (χ4n) is 1.56. The molecule has 2 unspecified atom stereocenters. The van der Waals surface area contributed by atoms with E-state index < -0.39 is 0 Å². The topological polar surface area (TPSA) is 47.3 Å². The SMILES string of the molecule is NC1OCCC1Nc1cccc(F)c1. The molecule has 1 aliphatic rings. The van der Waals surface area contributed by atoms with Gasteiger partial charge in [0, 0.05) is 5.69 Å². The summed E-state index contributed by atoms with van der Waals surface area (Å²) < 4.78 is 18.0. The Morgan fingerprint density at radius 1 is 1.50 bits per heavy atom. The molecule has 2 rings (SSSR count). The molecule has 2 atom stereocenters. The Bertz CT molecular complexity index is 319. The van der Waals surface area contributed by atoms with E-state index in [2.05, 4.69) is 5.32 Å². The molecular weight excluding hydrogens is 183 g/mol. The number of nitrogens with two attached hydrogens (primary N) is 1. The molecule has 0 amide bonds. The lowest BCUT2D eigenvalue weighted by Crippen LogP contribution is -2.36. The summed E-state index contributed by atoms with van der Waals surface area (Å²) in [6.45, 7) is 0.661. The first-order chi connectivity index (χ1) is 6.75. The molecule has 0 aliphatic carbocycles. The lowest BCUT2D eigenvalue weighted by molar-refractivity contribution is 0.112. The summed E-state index contributed by atoms with van der Waals surface area (Å²) in [6, 6.07) is 6.42. The van der Waals surface area contributed by atoms with Gasteiger partial charge < -0.3 is 15.8 Å². The highest BCUT2D eigenvalue weighted by molar-refractivity contribution is 5.44. The largest absolute Gasteiger partial charge is 0.378 e. The van der Waals surface area contributed by atoms with Crippen LogP contribution in [0.2, 0.25) is 0 Å². The van der Waals surface area contributed by atoms with Crippen LogP contribution < -0.4 is 11.1 Å². The predicted molar refractivity (Wildman–Crippen MR) is 52.4 cm³/mol. The van der Waals surface area contributed by atoms with Gasteiger partial charge in [-0.25, -0.2) is 4.39 Å². The van der Waals surface area contributed by atoms with Crippen molar-refractivity contribution in [1.82, 2.24) is 0 Å². The van der Waals surface area contributed by atoms with E-state index in [0.29, 0.717) is 6.61 Å². The smallest absolute Gasteiger partial charge is 0.126 e. The van der Waals surface area contributed by atoms with Gasteiger partial charge in [-0.2, -0.15) is 0 Å². The second-order valence-corrected chi connectivity index (χ2v) is 3.39. The molecule has 1 aliphatic heterocycles. The Morgan fingerprint density at radius 2 is 2.36 bits per heavy atom. The molecule has 14 heavy (non-hydrogen) atoms. The third kappa shape index (κ3) is 2.02. The number of nitrogens with one attached hydrogen (secondary N) is 1. The van der Waals surface area contributed by atoms with Crippen molar-refractivity contribution in [3.63, 3.8) is 0 Å². The third-order valence-corrected chi connectivity index (χ3v) is 2.31. The lowest BCUT2D eigenvalue weighted by Gasteiger charge is -2.16. The average molecular weight is 196 g/mol. The van der Waals surface area contributed by atoms with Gasteiger partial charge in [0.1, 0.15) is 12.0 Å². The summed E-state index contributed by atoms with van der Waals surface area (Å²) >= 11 is 0. The van der Waals surface area contributed by atoms with Crippen LogP contribution in [0.1, 0.15) is 6.42 Å². The van der Waals surface area contributed by atoms with Gasteiger partial charge in [-0.15, -0.1) is 0 Å². The number of anilines is 1. The summed E-state index contributed by atoms with van der Waals surface area (Å²) in [4.78, 5) is 0. The Morgan fingerprint density at radius 3 is 3.00 bits per heavy atom. The van der Waals surface area contributed by atoms with E-state index in [1.54, 1.807) is 6.07 Å². The quantitative estimate of drug-likeness (QED) is 0.749. The zero-order valence-corrected chi connectivity index (χ0v) is 7.74. The van der Waals surface area contributed by atoms with Crippen molar-refractivity contribution in [1.29, 1.82) is 0 Å². The molecule has 0 aromatic heterocycles. The average Bonchev–Trinajstić information content (AvgIpc) is 2.52. The molecular formula is C10H13FN2O. The molecule has 1 fully saturated rings. The van der Waals surface area contributed by atoms with Gasteiger partial charge in [-0.3, -0.25) is 0 Å². The van der Waals surface area contributed by atoms with Gasteiger partial charge in [0.05, 0.1) is 12.6 Å². The number of benzene rings is 1. The zero-order valence-electron chi connectivity index (χ0n) is 7.74. The van der Waals surface area contributed by atoms with Crippen molar-refractivity contribution < 1.29 is 9.13 Å². The van der Waals surface area contributed by atoms with Gasteiger partial charge in [0.25, 0.3) is 0 Å². The van der Waals surface area contributed by atoms with E-state index in [-0.39, 0.29) is 18.1 Å². The number of ether oxygens (including phenoxy) is 1. The van der Waals surface area contributed by atoms with E-state index in [9.17, 15) is 4.39 Å². The fourth-order valence-corrected chi connectivity index (χ4v) is 1.56. The molecule has 1 heterocycles. The Labute approximate surface area is 82.1 Å². The first-order valence-corrected chi connectivity index (χ1v) is 4.65. The maximum Gasteiger partial charge on any atom is 0.126 e. The van der Waals surface area contributed by atoms with Crippen LogP contribution >= 0.6 is 0 Å². The van der Waals surface area contributed by atoms with Crippen molar-refractivity contribution in [3.8, 4) is 0 Å². The van der Waals surface area contributed by atoms with Crippen LogP contribution in [0.3, 0.4) is 0 Å². The van der Waals surface area contributed by atoms with E-state index in [1.807, 2.05) is 6.07 Å². The van der Waals surface area contributed by atoms with Gasteiger partial charge in [-0.1, -0.05) is 6.07 Å². The van der Waals surface area contributed by atoms with Crippen molar-refractivity contribution in [2.45, 2.75) is 18.7 Å². The van der Waals surface area contributed by atoms with Gasteiger partial charge in [-0.05, 0) is 24.6 Å². The molecule has 0 bridgehead atoms. The highest BCUT2D eigenvalue weighted by atomic mass is 19.1. The molecule has 1 aromatic carbocycles. The van der Waals surface area contributed by atoms with Crippen molar-refractivity contribution in [2.24, 2.45) is 5.73 Å². The van der Waals surface area contributed by atoms with E-state index in [1.165, 1.54) is 12.1 Å². The van der Waals surface area contributed by atoms with Crippen LogP contribution in [0.4, 0.5) is 10.1 Å². The summed E-state index contributed by atoms with van der Waals surface area (Å²) in [5.74, 6) is -0.248. The summed E-state index contributed by atoms with van der Waals surface area (Å²) in [5.41, 5.74) is 6.43. The minimum atomic E-state index is -0.293. The van der Waals surface area contributed by atoms with Crippen LogP contribution in [-0.2, 0) is 4.74 Å². The Kier molecular flexibility index (Phi) is 2.65. The van der Waals surface area contributed by atoms with E-state index in [4.69, 9.17) is 10.5 Å². The summed E-state index contributed by atoms with van der Waals surface area (Å²) in [7, 11) is 0. The third-order valence-electron chi connectivity index (χ3n) is 2.31. The number of hydrogen-bond acceptors (Lipinski definition) is 3. The van der Waals surface area contributed by atoms with Crippen molar-refractivity contribution in [2.75, 3.05) is 11.9 Å². The van der Waals surface area contributed by atoms with Crippen molar-refractivity contribution >= 4 is 5.69 Å². The zero-order chi connectivity index (χ0) is 9.97. The van der Waals surface area contributed by atoms with Gasteiger partial charge in [0.2, 0.25) is 0 Å². The van der Waals surface area contributed by atoms with E-state index >= 15 is 0 Å². The van der Waals surface area contributed by atoms with Crippen LogP contribution in [0.5, 0.6) is 0 Å². The molecule has 4 heteroatoms. The molecule has 0 radical (unpaired) electrons. The van der Waals surface area contributed by atoms with Crippen LogP contribution in [0, 0.1) is 5.82 Å². The minimum absolute atomic E-state index is 0.0804. The first kappa shape index (κ1) is 9.43. The molecule has 76 valence electrons. The normalized spacial score (nSPS) is 26.4. The van der Waals surface area contributed by atoms with Gasteiger partial charge in [0.15, 0.2) is 0 Å². The maximum absolute atomic E-state index is 12.8. The number of hydrogen-bond donors (Lipinski definition) is 2. The molecule has 0 spiro atoms. The van der Waals surface area contributed by atoms with Crippen LogP contribution in [0.15, 0.2) is 24.3 Å². The van der Waals surface area contributed by atoms with E-state index in [0.717, 1.165) is 12.1 Å². The second kappa shape index (κ2) is 3.94. The minimum Gasteiger partial charge on any atom is -0.378 e. The number of rotatable bonds is 2.